The molecule has 0 fully saturated rings. The van der Waals surface area contributed by atoms with Crippen molar-refractivity contribution in [1.82, 2.24) is 14.7 Å². The number of rotatable bonds is 4. The number of amides is 1. The lowest BCUT2D eigenvalue weighted by molar-refractivity contribution is 0.0252. The molecule has 0 aliphatic carbocycles. The van der Waals surface area contributed by atoms with Crippen molar-refractivity contribution in [2.24, 2.45) is 0 Å². The first-order valence-electron chi connectivity index (χ1n) is 9.77. The van der Waals surface area contributed by atoms with E-state index in [9.17, 15) is 9.59 Å². The van der Waals surface area contributed by atoms with Crippen LogP contribution in [0.1, 0.15) is 43.6 Å². The molecule has 5 rings (SSSR count). The molecule has 0 radical (unpaired) electrons. The zero-order valence-corrected chi connectivity index (χ0v) is 16.1. The van der Waals surface area contributed by atoms with Crippen LogP contribution in [0.15, 0.2) is 79.1 Å². The molecule has 1 atom stereocenters. The average Bonchev–Trinajstić information content (AvgIpc) is 3.20. The highest BCUT2D eigenvalue weighted by Gasteiger charge is 2.28. The maximum atomic E-state index is 12.7. The molecule has 30 heavy (non-hydrogen) atoms. The monoisotopic (exact) mass is 397 g/mol. The van der Waals surface area contributed by atoms with Gasteiger partial charge in [-0.05, 0) is 41.5 Å². The van der Waals surface area contributed by atoms with Crippen LogP contribution in [0.5, 0.6) is 0 Å². The number of nitrogens with zero attached hydrogens (tertiary/aromatic N) is 2. The van der Waals surface area contributed by atoms with Crippen LogP contribution < -0.4 is 5.32 Å². The number of nitrogens with one attached hydrogen (secondary N) is 1. The summed E-state index contributed by atoms with van der Waals surface area (Å²) in [6.45, 7) is 0.326. The molecule has 148 valence electrons. The van der Waals surface area contributed by atoms with Crippen LogP contribution >= 0.6 is 0 Å². The number of cyclic esters (lactones) is 1. The normalized spacial score (nSPS) is 15.5. The number of imidazole rings is 1. The largest absolute Gasteiger partial charge is 0.454 e. The molecule has 1 amide bonds. The minimum Gasteiger partial charge on any atom is -0.454 e. The van der Waals surface area contributed by atoms with Crippen molar-refractivity contribution >= 4 is 17.5 Å². The highest BCUT2D eigenvalue weighted by molar-refractivity contribution is 5.97. The topological polar surface area (TPSA) is 72.7 Å². The number of fused-ring (bicyclic) bond motifs is 2. The molecule has 1 N–H and O–H groups in total. The molecule has 0 saturated carbocycles. The van der Waals surface area contributed by atoms with E-state index in [4.69, 9.17) is 4.74 Å². The van der Waals surface area contributed by atoms with Crippen LogP contribution in [0.25, 0.3) is 5.65 Å². The van der Waals surface area contributed by atoms with Crippen molar-refractivity contribution in [1.29, 1.82) is 0 Å². The highest BCUT2D eigenvalue weighted by atomic mass is 16.5. The third-order valence-corrected chi connectivity index (χ3v) is 5.26. The summed E-state index contributed by atoms with van der Waals surface area (Å²) in [5.74, 6) is -0.563. The van der Waals surface area contributed by atoms with Crippen molar-refractivity contribution in [3.8, 4) is 0 Å². The van der Waals surface area contributed by atoms with Gasteiger partial charge < -0.3 is 14.5 Å². The number of aromatic nitrogens is 2. The summed E-state index contributed by atoms with van der Waals surface area (Å²) in [4.78, 5) is 29.6. The van der Waals surface area contributed by atoms with Crippen LogP contribution in [-0.4, -0.2) is 21.3 Å². The van der Waals surface area contributed by atoms with Crippen molar-refractivity contribution in [2.45, 2.75) is 19.1 Å². The predicted molar refractivity (Wildman–Crippen MR) is 111 cm³/mol. The molecule has 1 aliphatic heterocycles. The van der Waals surface area contributed by atoms with E-state index in [1.807, 2.05) is 65.3 Å². The Bertz CT molecular complexity index is 1210. The van der Waals surface area contributed by atoms with Gasteiger partial charge in [0.2, 0.25) is 0 Å². The van der Waals surface area contributed by atoms with Gasteiger partial charge in [0, 0.05) is 24.4 Å². The average molecular weight is 397 g/mol. The number of carbonyl (C=O) groups is 2. The molecule has 4 aromatic rings. The van der Waals surface area contributed by atoms with E-state index in [0.717, 1.165) is 22.5 Å². The molecule has 2 aromatic heterocycles. The second-order valence-electron chi connectivity index (χ2n) is 7.26. The Labute approximate surface area is 173 Å². The Kier molecular flexibility index (Phi) is 4.52. The Morgan fingerprint density at radius 2 is 1.93 bits per heavy atom. The summed E-state index contributed by atoms with van der Waals surface area (Å²) in [7, 11) is 0. The molecule has 0 bridgehead atoms. The van der Waals surface area contributed by atoms with Crippen LogP contribution in [0, 0.1) is 0 Å². The van der Waals surface area contributed by atoms with Gasteiger partial charge in [0.15, 0.2) is 0 Å². The predicted octanol–water partition coefficient (Wildman–Crippen LogP) is 3.72. The summed E-state index contributed by atoms with van der Waals surface area (Å²) >= 11 is 0. The summed E-state index contributed by atoms with van der Waals surface area (Å²) in [6, 6.07) is 20.5. The Balaban J connectivity index is 1.33. The molecular weight excluding hydrogens is 378 g/mol. The fraction of sp³-hybridized carbons (Fsp3) is 0.125. The summed E-state index contributed by atoms with van der Waals surface area (Å²) in [5.41, 5.74) is 4.40. The van der Waals surface area contributed by atoms with Crippen LogP contribution in [0.4, 0.5) is 0 Å². The van der Waals surface area contributed by atoms with Gasteiger partial charge in [0.1, 0.15) is 11.8 Å². The molecule has 1 unspecified atom stereocenters. The van der Waals surface area contributed by atoms with Gasteiger partial charge in [0.25, 0.3) is 5.91 Å². The molecule has 6 nitrogen and oxygen atoms in total. The van der Waals surface area contributed by atoms with E-state index >= 15 is 0 Å². The molecule has 1 aliphatic rings. The Morgan fingerprint density at radius 3 is 2.77 bits per heavy atom. The third kappa shape index (κ3) is 3.43. The summed E-state index contributed by atoms with van der Waals surface area (Å²) in [6.07, 6.45) is 4.00. The van der Waals surface area contributed by atoms with Crippen molar-refractivity contribution in [2.75, 3.05) is 0 Å². The minimum absolute atomic E-state index is 0.204. The standard InChI is InChI=1S/C24H19N3O3/c28-23(25-14-19-15-27-11-5-4-8-22(27)26-19)17-9-10-20-18(12-17)13-21(30-24(20)29)16-6-2-1-3-7-16/h1-12,15,21H,13-14H2,(H,25,28). The van der Waals surface area contributed by atoms with Crippen LogP contribution in [0.2, 0.25) is 0 Å². The van der Waals surface area contributed by atoms with Crippen molar-refractivity contribution < 1.29 is 14.3 Å². The molecule has 2 aromatic carbocycles. The number of hydrogen-bond acceptors (Lipinski definition) is 4. The third-order valence-electron chi connectivity index (χ3n) is 5.26. The van der Waals surface area contributed by atoms with Crippen molar-refractivity contribution in [3.63, 3.8) is 0 Å². The van der Waals surface area contributed by atoms with Crippen LogP contribution in [0.3, 0.4) is 0 Å². The van der Waals surface area contributed by atoms with Crippen LogP contribution in [-0.2, 0) is 17.7 Å². The van der Waals surface area contributed by atoms with Gasteiger partial charge >= 0.3 is 5.97 Å². The van der Waals surface area contributed by atoms with Gasteiger partial charge in [0.05, 0.1) is 17.8 Å². The Morgan fingerprint density at radius 1 is 1.10 bits per heavy atom. The maximum Gasteiger partial charge on any atom is 0.339 e. The smallest absolute Gasteiger partial charge is 0.339 e. The fourth-order valence-electron chi connectivity index (χ4n) is 3.74. The Hall–Kier alpha value is -3.93. The molecule has 0 saturated heterocycles. The van der Waals surface area contributed by atoms with Gasteiger partial charge in [-0.3, -0.25) is 4.79 Å². The number of pyridine rings is 1. The van der Waals surface area contributed by atoms with E-state index in [1.165, 1.54) is 0 Å². The number of hydrogen-bond donors (Lipinski definition) is 1. The molecule has 3 heterocycles. The zero-order valence-electron chi connectivity index (χ0n) is 16.1. The number of benzene rings is 2. The first-order chi connectivity index (χ1) is 14.7. The summed E-state index contributed by atoms with van der Waals surface area (Å²) < 4.78 is 7.50. The fourth-order valence-corrected chi connectivity index (χ4v) is 3.74. The lowest BCUT2D eigenvalue weighted by Gasteiger charge is -2.25. The maximum absolute atomic E-state index is 12.7. The second-order valence-corrected chi connectivity index (χ2v) is 7.26. The molecule has 6 heteroatoms. The van der Waals surface area contributed by atoms with E-state index in [0.29, 0.717) is 24.1 Å². The number of esters is 1. The van der Waals surface area contributed by atoms with E-state index in [2.05, 4.69) is 10.3 Å². The van der Waals surface area contributed by atoms with Gasteiger partial charge in [-0.1, -0.05) is 36.4 Å². The SMILES string of the molecule is O=C(NCc1cn2ccccc2n1)c1ccc2c(c1)CC(c1ccccc1)OC2=O. The zero-order chi connectivity index (χ0) is 20.5. The minimum atomic E-state index is -0.359. The lowest BCUT2D eigenvalue weighted by atomic mass is 9.93. The highest BCUT2D eigenvalue weighted by Crippen LogP contribution is 2.31. The van der Waals surface area contributed by atoms with E-state index in [1.54, 1.807) is 18.2 Å². The summed E-state index contributed by atoms with van der Waals surface area (Å²) in [5, 5.41) is 2.91. The first kappa shape index (κ1) is 18.1. The molecule has 0 spiro atoms. The van der Waals surface area contributed by atoms with E-state index < -0.39 is 0 Å². The quantitative estimate of drug-likeness (QED) is 0.533. The van der Waals surface area contributed by atoms with Gasteiger partial charge in [-0.25, -0.2) is 9.78 Å². The molecular formula is C24H19N3O3. The van der Waals surface area contributed by atoms with Gasteiger partial charge in [-0.15, -0.1) is 0 Å². The first-order valence-corrected chi connectivity index (χ1v) is 9.77. The second kappa shape index (κ2) is 7.48. The van der Waals surface area contributed by atoms with Gasteiger partial charge in [-0.2, -0.15) is 0 Å². The number of ether oxygens (including phenoxy) is 1. The van der Waals surface area contributed by atoms with E-state index in [-0.39, 0.29) is 18.0 Å². The number of carbonyl (C=O) groups excluding carboxylic acids is 2. The lowest BCUT2D eigenvalue weighted by Crippen LogP contribution is -2.25. The van der Waals surface area contributed by atoms with Crippen molar-refractivity contribution in [3.05, 3.63) is 107 Å².